The third kappa shape index (κ3) is 5.14. The molecule has 23 heavy (non-hydrogen) atoms. The minimum atomic E-state index is -0.708. The van der Waals surface area contributed by atoms with E-state index in [0.29, 0.717) is 5.82 Å². The van der Waals surface area contributed by atoms with E-state index >= 15 is 0 Å². The molecule has 0 amide bonds. The van der Waals surface area contributed by atoms with E-state index in [2.05, 4.69) is 20.2 Å². The van der Waals surface area contributed by atoms with Crippen molar-refractivity contribution >= 4 is 17.5 Å². The van der Waals surface area contributed by atoms with E-state index in [-0.39, 0.29) is 11.6 Å². The lowest BCUT2D eigenvalue weighted by Crippen LogP contribution is -2.13. The number of anilines is 3. The highest BCUT2D eigenvalue weighted by Crippen LogP contribution is 2.20. The zero-order valence-electron chi connectivity index (χ0n) is 13.3. The van der Waals surface area contributed by atoms with E-state index in [0.717, 1.165) is 43.5 Å². The van der Waals surface area contributed by atoms with Crippen LogP contribution in [0.5, 0.6) is 0 Å². The molecule has 7 heteroatoms. The molecule has 0 atom stereocenters. The molecule has 0 saturated heterocycles. The molecular weight excluding hydrogens is 300 g/mol. The van der Waals surface area contributed by atoms with Gasteiger partial charge in [0.1, 0.15) is 17.5 Å². The van der Waals surface area contributed by atoms with E-state index in [4.69, 9.17) is 5.73 Å². The number of rotatable bonds is 7. The van der Waals surface area contributed by atoms with Gasteiger partial charge in [-0.15, -0.1) is 0 Å². The summed E-state index contributed by atoms with van der Waals surface area (Å²) < 4.78 is 26.5. The standard InChI is InChI=1S/C16H21F2N5/c1-23(2)8-4-3-5-11-10-20-16(22-15(11)19)21-14-7-6-12(17)9-13(14)18/h6-7,9-10H,3-5,8H2,1-2H3,(H3,19,20,21,22). The van der Waals surface area contributed by atoms with Crippen molar-refractivity contribution in [3.63, 3.8) is 0 Å². The molecule has 0 aliphatic rings. The van der Waals surface area contributed by atoms with E-state index in [1.54, 1.807) is 6.20 Å². The van der Waals surface area contributed by atoms with Crippen LogP contribution in [0.1, 0.15) is 18.4 Å². The molecule has 2 rings (SSSR count). The molecule has 1 aromatic heterocycles. The predicted octanol–water partition coefficient (Wildman–Crippen LogP) is 2.96. The zero-order chi connectivity index (χ0) is 16.8. The number of nitrogens with zero attached hydrogens (tertiary/aromatic N) is 3. The smallest absolute Gasteiger partial charge is 0.229 e. The molecule has 0 saturated carbocycles. The molecule has 0 aliphatic carbocycles. The van der Waals surface area contributed by atoms with Gasteiger partial charge in [0.15, 0.2) is 0 Å². The van der Waals surface area contributed by atoms with Crippen LogP contribution in [0, 0.1) is 11.6 Å². The third-order valence-corrected chi connectivity index (χ3v) is 3.38. The minimum Gasteiger partial charge on any atom is -0.383 e. The molecule has 0 unspecified atom stereocenters. The van der Waals surface area contributed by atoms with Crippen molar-refractivity contribution in [1.29, 1.82) is 0 Å². The Kier molecular flexibility index (Phi) is 5.81. The fraction of sp³-hybridized carbons (Fsp3) is 0.375. The molecule has 1 heterocycles. The van der Waals surface area contributed by atoms with Gasteiger partial charge in [-0.05, 0) is 52.0 Å². The first-order chi connectivity index (χ1) is 11.0. The first-order valence-corrected chi connectivity index (χ1v) is 7.44. The van der Waals surface area contributed by atoms with Crippen molar-refractivity contribution in [1.82, 2.24) is 14.9 Å². The molecular formula is C16H21F2N5. The van der Waals surface area contributed by atoms with Crippen LogP contribution in [0.15, 0.2) is 24.4 Å². The van der Waals surface area contributed by atoms with Crippen LogP contribution in [-0.2, 0) is 6.42 Å². The first kappa shape index (κ1) is 17.1. The third-order valence-electron chi connectivity index (χ3n) is 3.38. The Balaban J connectivity index is 1.98. The predicted molar refractivity (Wildman–Crippen MR) is 87.6 cm³/mol. The molecule has 3 N–H and O–H groups in total. The molecule has 0 spiro atoms. The van der Waals surface area contributed by atoms with Gasteiger partial charge in [-0.1, -0.05) is 0 Å². The Morgan fingerprint density at radius 2 is 2.00 bits per heavy atom. The lowest BCUT2D eigenvalue weighted by atomic mass is 10.1. The van der Waals surface area contributed by atoms with Crippen molar-refractivity contribution in [3.8, 4) is 0 Å². The molecule has 5 nitrogen and oxygen atoms in total. The zero-order valence-corrected chi connectivity index (χ0v) is 13.3. The normalized spacial score (nSPS) is 11.0. The Morgan fingerprint density at radius 3 is 2.65 bits per heavy atom. The average molecular weight is 321 g/mol. The summed E-state index contributed by atoms with van der Waals surface area (Å²) in [5.74, 6) is -0.790. The Bertz CT molecular complexity index is 661. The molecule has 0 aliphatic heterocycles. The van der Waals surface area contributed by atoms with Gasteiger partial charge in [0, 0.05) is 17.8 Å². The number of aryl methyl sites for hydroxylation is 1. The first-order valence-electron chi connectivity index (χ1n) is 7.44. The maximum atomic E-state index is 13.6. The number of unbranched alkanes of at least 4 members (excludes halogenated alkanes) is 1. The fourth-order valence-corrected chi connectivity index (χ4v) is 2.13. The quantitative estimate of drug-likeness (QED) is 0.768. The van der Waals surface area contributed by atoms with Crippen molar-refractivity contribution in [2.24, 2.45) is 0 Å². The van der Waals surface area contributed by atoms with Gasteiger partial charge >= 0.3 is 0 Å². The van der Waals surface area contributed by atoms with Crippen LogP contribution in [0.3, 0.4) is 0 Å². The van der Waals surface area contributed by atoms with Crippen LogP contribution in [-0.4, -0.2) is 35.5 Å². The van der Waals surface area contributed by atoms with Crippen molar-refractivity contribution < 1.29 is 8.78 Å². The topological polar surface area (TPSA) is 67.1 Å². The molecule has 2 aromatic rings. The summed E-state index contributed by atoms with van der Waals surface area (Å²) in [4.78, 5) is 10.4. The lowest BCUT2D eigenvalue weighted by Gasteiger charge is -2.10. The van der Waals surface area contributed by atoms with Gasteiger partial charge in [0.25, 0.3) is 0 Å². The van der Waals surface area contributed by atoms with E-state index in [9.17, 15) is 8.78 Å². The number of hydrogen-bond donors (Lipinski definition) is 2. The summed E-state index contributed by atoms with van der Waals surface area (Å²) in [5, 5.41) is 2.70. The summed E-state index contributed by atoms with van der Waals surface area (Å²) in [6, 6.07) is 3.25. The number of nitrogens with two attached hydrogens (primary N) is 1. The number of hydrogen-bond acceptors (Lipinski definition) is 5. The second kappa shape index (κ2) is 7.82. The summed E-state index contributed by atoms with van der Waals surface area (Å²) in [7, 11) is 4.07. The lowest BCUT2D eigenvalue weighted by molar-refractivity contribution is 0.394. The van der Waals surface area contributed by atoms with E-state index < -0.39 is 11.6 Å². The summed E-state index contributed by atoms with van der Waals surface area (Å²) in [5.41, 5.74) is 6.89. The van der Waals surface area contributed by atoms with Crippen LogP contribution in [0.2, 0.25) is 0 Å². The number of halogens is 2. The molecule has 0 bridgehead atoms. The largest absolute Gasteiger partial charge is 0.383 e. The second-order valence-electron chi connectivity index (χ2n) is 5.61. The van der Waals surface area contributed by atoms with Crippen LogP contribution in [0.25, 0.3) is 0 Å². The van der Waals surface area contributed by atoms with Gasteiger partial charge in [-0.25, -0.2) is 13.8 Å². The van der Waals surface area contributed by atoms with Crippen LogP contribution >= 0.6 is 0 Å². The van der Waals surface area contributed by atoms with E-state index in [1.165, 1.54) is 6.07 Å². The number of nitrogen functional groups attached to an aromatic ring is 1. The van der Waals surface area contributed by atoms with Crippen LogP contribution < -0.4 is 11.1 Å². The number of aromatic nitrogens is 2. The Morgan fingerprint density at radius 1 is 1.22 bits per heavy atom. The molecule has 1 aromatic carbocycles. The second-order valence-corrected chi connectivity index (χ2v) is 5.61. The van der Waals surface area contributed by atoms with Gasteiger partial charge in [-0.3, -0.25) is 0 Å². The van der Waals surface area contributed by atoms with E-state index in [1.807, 2.05) is 14.1 Å². The highest BCUT2D eigenvalue weighted by atomic mass is 19.1. The van der Waals surface area contributed by atoms with Gasteiger partial charge in [0.05, 0.1) is 5.69 Å². The summed E-state index contributed by atoms with van der Waals surface area (Å²) >= 11 is 0. The highest BCUT2D eigenvalue weighted by Gasteiger charge is 2.08. The monoisotopic (exact) mass is 321 g/mol. The van der Waals surface area contributed by atoms with Crippen molar-refractivity contribution in [2.45, 2.75) is 19.3 Å². The maximum absolute atomic E-state index is 13.6. The Labute approximate surface area is 134 Å². The summed E-state index contributed by atoms with van der Waals surface area (Å²) in [6.07, 6.45) is 4.49. The maximum Gasteiger partial charge on any atom is 0.229 e. The van der Waals surface area contributed by atoms with Crippen molar-refractivity contribution in [2.75, 3.05) is 31.7 Å². The molecule has 0 fully saturated rings. The Hall–Kier alpha value is -2.28. The molecule has 124 valence electrons. The number of nitrogens with one attached hydrogen (secondary N) is 1. The SMILES string of the molecule is CN(C)CCCCc1cnc(Nc2ccc(F)cc2F)nc1N. The fourth-order valence-electron chi connectivity index (χ4n) is 2.13. The van der Waals surface area contributed by atoms with Gasteiger partial charge in [-0.2, -0.15) is 4.98 Å². The van der Waals surface area contributed by atoms with Crippen molar-refractivity contribution in [3.05, 3.63) is 41.6 Å². The van der Waals surface area contributed by atoms with Gasteiger partial charge in [0.2, 0.25) is 5.95 Å². The summed E-state index contributed by atoms with van der Waals surface area (Å²) in [6.45, 7) is 1.02. The average Bonchev–Trinajstić information content (AvgIpc) is 2.48. The van der Waals surface area contributed by atoms with Crippen LogP contribution in [0.4, 0.5) is 26.2 Å². The van der Waals surface area contributed by atoms with Gasteiger partial charge < -0.3 is 16.0 Å². The minimum absolute atomic E-state index is 0.101. The highest BCUT2D eigenvalue weighted by molar-refractivity contribution is 5.56. The number of benzene rings is 1. The molecule has 0 radical (unpaired) electrons.